The van der Waals surface area contributed by atoms with Crippen molar-refractivity contribution in [3.05, 3.63) is 34.9 Å². The third-order valence-corrected chi connectivity index (χ3v) is 5.55. The maximum atomic E-state index is 14.0. The number of nitrogens with two attached hydrogens (primary N) is 1. The molecule has 9 heteroatoms. The Kier molecular flexibility index (Phi) is 9.07. The number of aliphatic hydroxyl groups excluding tert-OH is 1. The van der Waals surface area contributed by atoms with E-state index in [1.165, 1.54) is 24.0 Å². The van der Waals surface area contributed by atoms with Crippen LogP contribution in [0.3, 0.4) is 0 Å². The summed E-state index contributed by atoms with van der Waals surface area (Å²) in [5.74, 6) is -1.36. The average molecular weight is 487 g/mol. The lowest BCUT2D eigenvalue weighted by Crippen LogP contribution is -2.65. The number of hydrogen-bond acceptors (Lipinski definition) is 6. The maximum Gasteiger partial charge on any atom is 0.411 e. The van der Waals surface area contributed by atoms with E-state index in [4.69, 9.17) is 19.9 Å². The molecule has 1 aliphatic rings. The summed E-state index contributed by atoms with van der Waals surface area (Å²) >= 11 is 0. The van der Waals surface area contributed by atoms with E-state index in [1.807, 2.05) is 20.8 Å². The lowest BCUT2D eigenvalue weighted by molar-refractivity contribution is -0.233. The van der Waals surface area contributed by atoms with Crippen molar-refractivity contribution in [2.45, 2.75) is 97.9 Å². The largest absolute Gasteiger partial charge is 0.444 e. The Morgan fingerprint density at radius 1 is 1.24 bits per heavy atom. The third-order valence-electron chi connectivity index (χ3n) is 5.55. The van der Waals surface area contributed by atoms with Crippen LogP contribution in [0.25, 0.3) is 0 Å². The Morgan fingerprint density at radius 3 is 2.29 bits per heavy atom. The number of rotatable bonds is 6. The summed E-state index contributed by atoms with van der Waals surface area (Å²) in [4.78, 5) is 14.5. The van der Waals surface area contributed by atoms with Gasteiger partial charge in [0.15, 0.2) is 6.29 Å². The van der Waals surface area contributed by atoms with Crippen LogP contribution in [0.5, 0.6) is 0 Å². The fourth-order valence-corrected chi connectivity index (χ4v) is 3.74. The van der Waals surface area contributed by atoms with E-state index in [9.17, 15) is 18.7 Å². The van der Waals surface area contributed by atoms with Gasteiger partial charge in [-0.05, 0) is 64.2 Å². The number of carbonyl (C=O) groups is 1. The van der Waals surface area contributed by atoms with Gasteiger partial charge in [0.1, 0.15) is 17.2 Å². The van der Waals surface area contributed by atoms with Crippen LogP contribution in [-0.4, -0.2) is 65.4 Å². The number of halogens is 2. The van der Waals surface area contributed by atoms with Gasteiger partial charge in [0.05, 0.1) is 31.4 Å². The molecular weight excluding hydrogens is 446 g/mol. The fourth-order valence-electron chi connectivity index (χ4n) is 3.74. The molecule has 0 bridgehead atoms. The zero-order valence-corrected chi connectivity index (χ0v) is 21.5. The predicted octanol–water partition coefficient (Wildman–Crippen LogP) is 3.92. The van der Waals surface area contributed by atoms with Crippen LogP contribution in [-0.2, 0) is 20.6 Å². The number of benzene rings is 1. The van der Waals surface area contributed by atoms with E-state index in [2.05, 4.69) is 0 Å². The van der Waals surface area contributed by atoms with Gasteiger partial charge in [0.2, 0.25) is 0 Å². The molecule has 0 aromatic heterocycles. The first-order valence-corrected chi connectivity index (χ1v) is 11.6. The molecule has 1 saturated heterocycles. The Morgan fingerprint density at radius 2 is 1.79 bits per heavy atom. The van der Waals surface area contributed by atoms with E-state index < -0.39 is 53.8 Å². The molecule has 1 amide bonds. The Balaban J connectivity index is 2.24. The monoisotopic (exact) mass is 486 g/mol. The minimum absolute atomic E-state index is 0.00623. The summed E-state index contributed by atoms with van der Waals surface area (Å²) in [6, 6.07) is 0.0702. The summed E-state index contributed by atoms with van der Waals surface area (Å²) in [6.45, 7) is 14.8. The van der Waals surface area contributed by atoms with Crippen molar-refractivity contribution in [3.8, 4) is 0 Å². The van der Waals surface area contributed by atoms with E-state index in [0.29, 0.717) is 12.2 Å². The molecule has 0 saturated carbocycles. The minimum atomic E-state index is -1.24. The number of nitrogens with zero attached hydrogens (tertiary/aromatic N) is 1. The topological polar surface area (TPSA) is 94.3 Å². The number of amides is 1. The smallest absolute Gasteiger partial charge is 0.411 e. The summed E-state index contributed by atoms with van der Waals surface area (Å²) < 4.78 is 45.3. The Labute approximate surface area is 201 Å². The summed E-state index contributed by atoms with van der Waals surface area (Å²) in [7, 11) is 0. The molecule has 194 valence electrons. The molecule has 5 unspecified atom stereocenters. The first kappa shape index (κ1) is 28.4. The van der Waals surface area contributed by atoms with Gasteiger partial charge >= 0.3 is 6.09 Å². The highest BCUT2D eigenvalue weighted by atomic mass is 19.1. The van der Waals surface area contributed by atoms with Crippen molar-refractivity contribution < 1.29 is 32.9 Å². The van der Waals surface area contributed by atoms with Crippen LogP contribution in [0.2, 0.25) is 0 Å². The van der Waals surface area contributed by atoms with Gasteiger partial charge in [0.25, 0.3) is 0 Å². The lowest BCUT2D eigenvalue weighted by atomic mass is 9.94. The molecule has 5 atom stereocenters. The standard InChI is InChI=1S/C25H40F2N2O5/c1-14-17(26)9-16(10-18(14)27)11-19(28)21(30)20-12-32-22(33-13-24(3,4)5)15(2)29(20)23(31)34-25(6,7)8/h9-10,15,19-22,30H,11-13,28H2,1-8H3. The fraction of sp³-hybridized carbons (Fsp3) is 0.720. The van der Waals surface area contributed by atoms with E-state index in [0.717, 1.165) is 0 Å². The molecule has 7 nitrogen and oxygen atoms in total. The average Bonchev–Trinajstić information content (AvgIpc) is 2.68. The lowest BCUT2D eigenvalue weighted by Gasteiger charge is -2.47. The van der Waals surface area contributed by atoms with Crippen LogP contribution in [0.1, 0.15) is 59.6 Å². The zero-order chi connectivity index (χ0) is 26.0. The molecule has 3 N–H and O–H groups in total. The Hall–Kier alpha value is -1.81. The van der Waals surface area contributed by atoms with E-state index >= 15 is 0 Å². The first-order chi connectivity index (χ1) is 15.5. The molecule has 1 heterocycles. The van der Waals surface area contributed by atoms with Gasteiger partial charge < -0.3 is 25.1 Å². The number of ether oxygens (including phenoxy) is 3. The molecular formula is C25H40F2N2O5. The number of carbonyl (C=O) groups excluding carboxylic acids is 1. The molecule has 0 radical (unpaired) electrons. The normalized spacial score (nSPS) is 23.5. The van der Waals surface area contributed by atoms with Gasteiger partial charge in [-0.2, -0.15) is 0 Å². The molecule has 1 aliphatic heterocycles. The highest BCUT2D eigenvalue weighted by molar-refractivity contribution is 5.69. The maximum absolute atomic E-state index is 14.0. The highest BCUT2D eigenvalue weighted by Crippen LogP contribution is 2.28. The van der Waals surface area contributed by atoms with Crippen molar-refractivity contribution in [3.63, 3.8) is 0 Å². The van der Waals surface area contributed by atoms with Crippen LogP contribution < -0.4 is 5.73 Å². The molecule has 1 fully saturated rings. The van der Waals surface area contributed by atoms with E-state index in [-0.39, 0.29) is 24.0 Å². The molecule has 0 aliphatic carbocycles. The second kappa shape index (κ2) is 10.8. The minimum Gasteiger partial charge on any atom is -0.444 e. The zero-order valence-electron chi connectivity index (χ0n) is 21.5. The van der Waals surface area contributed by atoms with Crippen LogP contribution >= 0.6 is 0 Å². The van der Waals surface area contributed by atoms with E-state index in [1.54, 1.807) is 27.7 Å². The van der Waals surface area contributed by atoms with Crippen LogP contribution in [0, 0.1) is 24.0 Å². The van der Waals surface area contributed by atoms with Crippen molar-refractivity contribution in [2.24, 2.45) is 11.1 Å². The van der Waals surface area contributed by atoms with Gasteiger partial charge in [-0.15, -0.1) is 0 Å². The third kappa shape index (κ3) is 7.60. The van der Waals surface area contributed by atoms with Crippen LogP contribution in [0.4, 0.5) is 13.6 Å². The SMILES string of the molecule is Cc1c(F)cc(CC(N)C(O)C2COC(OCC(C)(C)C)C(C)N2C(=O)OC(C)(C)C)cc1F. The summed E-state index contributed by atoms with van der Waals surface area (Å²) in [5.41, 5.74) is 5.60. The second-order valence-electron chi connectivity index (χ2n) is 11.3. The number of hydrogen-bond donors (Lipinski definition) is 2. The number of aliphatic hydroxyl groups is 1. The first-order valence-electron chi connectivity index (χ1n) is 11.6. The molecule has 1 aromatic rings. The van der Waals surface area contributed by atoms with Gasteiger partial charge in [-0.1, -0.05) is 20.8 Å². The molecule has 2 rings (SSSR count). The van der Waals surface area contributed by atoms with Crippen LogP contribution in [0.15, 0.2) is 12.1 Å². The molecule has 1 aromatic carbocycles. The van der Waals surface area contributed by atoms with Gasteiger partial charge in [0, 0.05) is 11.6 Å². The van der Waals surface area contributed by atoms with Gasteiger partial charge in [-0.3, -0.25) is 4.90 Å². The van der Waals surface area contributed by atoms with Crippen molar-refractivity contribution in [1.82, 2.24) is 4.90 Å². The second-order valence-corrected chi connectivity index (χ2v) is 11.3. The number of morpholine rings is 1. The van der Waals surface area contributed by atoms with Gasteiger partial charge in [-0.25, -0.2) is 13.6 Å². The van der Waals surface area contributed by atoms with Crippen molar-refractivity contribution in [1.29, 1.82) is 0 Å². The molecule has 0 spiro atoms. The predicted molar refractivity (Wildman–Crippen MR) is 125 cm³/mol. The Bertz CT molecular complexity index is 830. The quantitative estimate of drug-likeness (QED) is 0.633. The van der Waals surface area contributed by atoms with Crippen molar-refractivity contribution in [2.75, 3.05) is 13.2 Å². The molecule has 34 heavy (non-hydrogen) atoms. The summed E-state index contributed by atoms with van der Waals surface area (Å²) in [5, 5.41) is 11.1. The summed E-state index contributed by atoms with van der Waals surface area (Å²) in [6.07, 6.45) is -2.58. The highest BCUT2D eigenvalue weighted by Gasteiger charge is 2.45. The van der Waals surface area contributed by atoms with Crippen molar-refractivity contribution >= 4 is 6.09 Å².